The molecule has 1 rings (SSSR count). The van der Waals surface area contributed by atoms with Crippen LogP contribution in [0.1, 0.15) is 16.8 Å². The molecule has 0 aliphatic carbocycles. The van der Waals surface area contributed by atoms with Crippen LogP contribution in [0.2, 0.25) is 0 Å². The predicted molar refractivity (Wildman–Crippen MR) is 61.6 cm³/mol. The van der Waals surface area contributed by atoms with E-state index in [1.165, 1.54) is 12.1 Å². The monoisotopic (exact) mass is 310 g/mol. The van der Waals surface area contributed by atoms with Crippen LogP contribution in [-0.2, 0) is 0 Å². The summed E-state index contributed by atoms with van der Waals surface area (Å²) in [6.45, 7) is -0.464. The van der Waals surface area contributed by atoms with Crippen LogP contribution in [0.15, 0.2) is 22.7 Å². The molecule has 0 spiro atoms. The topological polar surface area (TPSA) is 55.1 Å². The number of carbonyl (C=O) groups is 1. The molecular weight excluding hydrogens is 301 g/mol. The Morgan fingerprint density at radius 2 is 2.06 bits per heavy atom. The fourth-order valence-corrected chi connectivity index (χ4v) is 1.50. The maximum atomic E-state index is 11.9. The summed E-state index contributed by atoms with van der Waals surface area (Å²) in [7, 11) is 0. The largest absolute Gasteiger partial charge is 0.398 e. The summed E-state index contributed by atoms with van der Waals surface area (Å²) >= 11 is 3.15. The van der Waals surface area contributed by atoms with Crippen LogP contribution >= 0.6 is 15.9 Å². The quantitative estimate of drug-likeness (QED) is 0.843. The number of alkyl halides is 3. The smallest absolute Gasteiger partial charge is 0.390 e. The summed E-state index contributed by atoms with van der Waals surface area (Å²) in [5.41, 5.74) is 5.92. The number of nitrogens with two attached hydrogens (primary N) is 1. The molecule has 17 heavy (non-hydrogen) atoms. The van der Waals surface area contributed by atoms with Crippen LogP contribution in [-0.4, -0.2) is 18.6 Å². The van der Waals surface area contributed by atoms with Crippen molar-refractivity contribution in [2.75, 3.05) is 12.3 Å². The van der Waals surface area contributed by atoms with E-state index in [2.05, 4.69) is 21.2 Å². The summed E-state index contributed by atoms with van der Waals surface area (Å²) in [6, 6.07) is 4.60. The second-order valence-electron chi connectivity index (χ2n) is 3.35. The molecule has 0 bridgehead atoms. The number of hydrogen-bond acceptors (Lipinski definition) is 2. The molecule has 3 nitrogen and oxygen atoms in total. The zero-order valence-electron chi connectivity index (χ0n) is 8.64. The van der Waals surface area contributed by atoms with Gasteiger partial charge in [0.05, 0.1) is 12.0 Å². The number of halogens is 4. The first-order chi connectivity index (χ1) is 7.79. The minimum atomic E-state index is -4.28. The highest BCUT2D eigenvalue weighted by atomic mass is 79.9. The van der Waals surface area contributed by atoms with Gasteiger partial charge in [0.1, 0.15) is 0 Å². The Morgan fingerprint density at radius 3 is 2.65 bits per heavy atom. The van der Waals surface area contributed by atoms with Gasteiger partial charge in [-0.1, -0.05) is 15.9 Å². The van der Waals surface area contributed by atoms with E-state index < -0.39 is 25.0 Å². The SMILES string of the molecule is Nc1ccc(Br)cc1C(=O)NCCC(F)(F)F. The van der Waals surface area contributed by atoms with Crippen molar-refractivity contribution in [2.45, 2.75) is 12.6 Å². The number of rotatable bonds is 3. The minimum absolute atomic E-state index is 0.154. The Hall–Kier alpha value is -1.24. The third kappa shape index (κ3) is 4.64. The molecule has 7 heteroatoms. The van der Waals surface area contributed by atoms with Crippen molar-refractivity contribution in [3.05, 3.63) is 28.2 Å². The van der Waals surface area contributed by atoms with Gasteiger partial charge in [-0.25, -0.2) is 0 Å². The predicted octanol–water partition coefficient (Wildman–Crippen LogP) is 2.71. The van der Waals surface area contributed by atoms with E-state index in [0.29, 0.717) is 4.47 Å². The molecule has 3 N–H and O–H groups in total. The van der Waals surface area contributed by atoms with Crippen molar-refractivity contribution in [1.82, 2.24) is 5.32 Å². The van der Waals surface area contributed by atoms with Gasteiger partial charge in [-0.05, 0) is 18.2 Å². The molecule has 0 saturated heterocycles. The summed E-state index contributed by atoms with van der Waals surface area (Å²) < 4.78 is 36.2. The standard InChI is InChI=1S/C10H10BrF3N2O/c11-6-1-2-8(15)7(5-6)9(17)16-4-3-10(12,13)14/h1-2,5H,3-4,15H2,(H,16,17). The molecular formula is C10H10BrF3N2O. The molecule has 0 aliphatic heterocycles. The normalized spacial score (nSPS) is 11.3. The molecule has 0 heterocycles. The lowest BCUT2D eigenvalue weighted by Gasteiger charge is -2.09. The summed E-state index contributed by atoms with van der Waals surface area (Å²) in [5.74, 6) is -0.618. The third-order valence-electron chi connectivity index (χ3n) is 1.95. The number of nitrogen functional groups attached to an aromatic ring is 1. The van der Waals surface area contributed by atoms with Crippen molar-refractivity contribution < 1.29 is 18.0 Å². The first kappa shape index (κ1) is 13.8. The number of hydrogen-bond donors (Lipinski definition) is 2. The summed E-state index contributed by atoms with van der Waals surface area (Å²) in [4.78, 5) is 11.5. The van der Waals surface area contributed by atoms with E-state index in [9.17, 15) is 18.0 Å². The second kappa shape index (κ2) is 5.39. The van der Waals surface area contributed by atoms with Crippen LogP contribution in [0, 0.1) is 0 Å². The molecule has 94 valence electrons. The molecule has 0 unspecified atom stereocenters. The van der Waals surface area contributed by atoms with Crippen molar-refractivity contribution >= 4 is 27.5 Å². The Balaban J connectivity index is 2.61. The summed E-state index contributed by atoms with van der Waals surface area (Å²) in [5, 5.41) is 2.16. The molecule has 0 saturated carbocycles. The highest BCUT2D eigenvalue weighted by molar-refractivity contribution is 9.10. The fraction of sp³-hybridized carbons (Fsp3) is 0.300. The van der Waals surface area contributed by atoms with Gasteiger partial charge in [-0.15, -0.1) is 0 Å². The fourth-order valence-electron chi connectivity index (χ4n) is 1.14. The van der Waals surface area contributed by atoms with Gasteiger partial charge in [0.25, 0.3) is 5.91 Å². The van der Waals surface area contributed by atoms with Crippen LogP contribution in [0.25, 0.3) is 0 Å². The van der Waals surface area contributed by atoms with Crippen LogP contribution in [0.3, 0.4) is 0 Å². The first-order valence-electron chi connectivity index (χ1n) is 4.69. The van der Waals surface area contributed by atoms with Gasteiger partial charge in [0.2, 0.25) is 0 Å². The van der Waals surface area contributed by atoms with Crippen LogP contribution in [0.5, 0.6) is 0 Å². The van der Waals surface area contributed by atoms with Crippen molar-refractivity contribution in [3.63, 3.8) is 0 Å². The van der Waals surface area contributed by atoms with E-state index in [0.717, 1.165) is 0 Å². The van der Waals surface area contributed by atoms with E-state index in [1.807, 2.05) is 0 Å². The van der Waals surface area contributed by atoms with Crippen LogP contribution in [0.4, 0.5) is 18.9 Å². The number of amides is 1. The zero-order chi connectivity index (χ0) is 13.1. The Bertz CT molecular complexity index is 421. The lowest BCUT2D eigenvalue weighted by Crippen LogP contribution is -2.28. The Labute approximate surface area is 104 Å². The molecule has 0 radical (unpaired) electrons. The average molecular weight is 311 g/mol. The van der Waals surface area contributed by atoms with Gasteiger partial charge < -0.3 is 11.1 Å². The first-order valence-corrected chi connectivity index (χ1v) is 5.49. The minimum Gasteiger partial charge on any atom is -0.398 e. The molecule has 0 aliphatic rings. The van der Waals surface area contributed by atoms with E-state index in [4.69, 9.17) is 5.73 Å². The van der Waals surface area contributed by atoms with E-state index in [1.54, 1.807) is 6.07 Å². The maximum absolute atomic E-state index is 11.9. The molecule has 0 aromatic heterocycles. The molecule has 1 aromatic carbocycles. The Morgan fingerprint density at radius 1 is 1.41 bits per heavy atom. The van der Waals surface area contributed by atoms with E-state index >= 15 is 0 Å². The third-order valence-corrected chi connectivity index (χ3v) is 2.45. The number of benzene rings is 1. The van der Waals surface area contributed by atoms with Crippen LogP contribution < -0.4 is 11.1 Å². The lowest BCUT2D eigenvalue weighted by molar-refractivity contribution is -0.132. The number of anilines is 1. The van der Waals surface area contributed by atoms with Crippen molar-refractivity contribution in [1.29, 1.82) is 0 Å². The van der Waals surface area contributed by atoms with Crippen molar-refractivity contribution in [2.24, 2.45) is 0 Å². The number of carbonyl (C=O) groups excluding carboxylic acids is 1. The number of nitrogens with one attached hydrogen (secondary N) is 1. The highest BCUT2D eigenvalue weighted by Gasteiger charge is 2.26. The molecule has 1 amide bonds. The second-order valence-corrected chi connectivity index (χ2v) is 4.27. The van der Waals surface area contributed by atoms with Crippen molar-refractivity contribution in [3.8, 4) is 0 Å². The maximum Gasteiger partial charge on any atom is 0.390 e. The van der Waals surface area contributed by atoms with Gasteiger partial charge in [0.15, 0.2) is 0 Å². The van der Waals surface area contributed by atoms with Gasteiger partial charge in [0, 0.05) is 16.7 Å². The van der Waals surface area contributed by atoms with Gasteiger partial charge in [-0.2, -0.15) is 13.2 Å². The molecule has 0 atom stereocenters. The van der Waals surface area contributed by atoms with Gasteiger partial charge in [-0.3, -0.25) is 4.79 Å². The molecule has 1 aromatic rings. The Kier molecular flexibility index (Phi) is 4.39. The average Bonchev–Trinajstić information content (AvgIpc) is 2.19. The summed E-state index contributed by atoms with van der Waals surface area (Å²) in [6.07, 6.45) is -5.34. The van der Waals surface area contributed by atoms with E-state index in [-0.39, 0.29) is 11.3 Å². The van der Waals surface area contributed by atoms with Gasteiger partial charge >= 0.3 is 6.18 Å². The lowest BCUT2D eigenvalue weighted by atomic mass is 10.1. The zero-order valence-corrected chi connectivity index (χ0v) is 10.2. The highest BCUT2D eigenvalue weighted by Crippen LogP contribution is 2.20. The molecule has 0 fully saturated rings.